The van der Waals surface area contributed by atoms with Crippen LogP contribution in [0.15, 0.2) is 85.7 Å². The first kappa shape index (κ1) is 16.4. The highest BCUT2D eigenvalue weighted by Gasteiger charge is 2.17. The van der Waals surface area contributed by atoms with Crippen LogP contribution in [0.5, 0.6) is 0 Å². The Morgan fingerprint density at radius 2 is 1.79 bits per heavy atom. The fourth-order valence-corrected chi connectivity index (χ4v) is 3.44. The van der Waals surface area contributed by atoms with Gasteiger partial charge in [0, 0.05) is 30.4 Å². The minimum Gasteiger partial charge on any atom is -0.338 e. The molecule has 5 rings (SSSR count). The molecule has 3 heterocycles. The minimum absolute atomic E-state index is 0.119. The van der Waals surface area contributed by atoms with E-state index < -0.39 is 0 Å². The van der Waals surface area contributed by atoms with Crippen molar-refractivity contribution in [3.63, 3.8) is 0 Å². The van der Waals surface area contributed by atoms with Gasteiger partial charge < -0.3 is 9.55 Å². The number of fused-ring (bicyclic) bond motifs is 1. The number of imidazole rings is 2. The van der Waals surface area contributed by atoms with Gasteiger partial charge >= 0.3 is 0 Å². The van der Waals surface area contributed by atoms with Crippen LogP contribution in [0.3, 0.4) is 0 Å². The van der Waals surface area contributed by atoms with Gasteiger partial charge in [-0.15, -0.1) is 0 Å². The second-order valence-corrected chi connectivity index (χ2v) is 6.57. The zero-order valence-electron chi connectivity index (χ0n) is 14.8. The smallest absolute Gasteiger partial charge is 0.140 e. The van der Waals surface area contributed by atoms with Crippen LogP contribution in [0.4, 0.5) is 4.39 Å². The van der Waals surface area contributed by atoms with Crippen molar-refractivity contribution in [2.24, 2.45) is 0 Å². The largest absolute Gasteiger partial charge is 0.338 e. The number of aromatic amines is 1. The third-order valence-corrected chi connectivity index (χ3v) is 4.77. The van der Waals surface area contributed by atoms with E-state index in [4.69, 9.17) is 4.98 Å². The molecule has 0 aliphatic carbocycles. The molecule has 2 aromatic carbocycles. The molecule has 0 radical (unpaired) electrons. The monoisotopic (exact) mass is 369 g/mol. The first-order chi connectivity index (χ1) is 13.8. The maximum atomic E-state index is 13.4. The maximum absolute atomic E-state index is 13.4. The van der Waals surface area contributed by atoms with Gasteiger partial charge in [0.25, 0.3) is 0 Å². The molecule has 136 valence electrons. The van der Waals surface area contributed by atoms with Crippen molar-refractivity contribution >= 4 is 11.0 Å². The van der Waals surface area contributed by atoms with Gasteiger partial charge in [-0.3, -0.25) is 4.98 Å². The molecule has 0 fully saturated rings. The summed E-state index contributed by atoms with van der Waals surface area (Å²) in [5, 5.41) is 0. The van der Waals surface area contributed by atoms with Crippen molar-refractivity contribution < 1.29 is 4.39 Å². The van der Waals surface area contributed by atoms with Crippen molar-refractivity contribution in [2.75, 3.05) is 0 Å². The van der Waals surface area contributed by atoms with Gasteiger partial charge in [-0.2, -0.15) is 0 Å². The summed E-state index contributed by atoms with van der Waals surface area (Å²) in [6, 6.07) is 16.4. The van der Waals surface area contributed by atoms with Crippen LogP contribution in [0.2, 0.25) is 0 Å². The number of benzene rings is 2. The second-order valence-electron chi connectivity index (χ2n) is 6.57. The summed E-state index contributed by atoms with van der Waals surface area (Å²) < 4.78 is 15.4. The van der Waals surface area contributed by atoms with E-state index in [9.17, 15) is 4.39 Å². The second kappa shape index (κ2) is 6.74. The van der Waals surface area contributed by atoms with Gasteiger partial charge in [-0.1, -0.05) is 18.2 Å². The van der Waals surface area contributed by atoms with Crippen molar-refractivity contribution in [1.29, 1.82) is 0 Å². The molecular formula is C22H16FN5. The molecule has 0 amide bonds. The Kier molecular flexibility index (Phi) is 3.94. The Morgan fingerprint density at radius 3 is 2.54 bits per heavy atom. The molecule has 0 saturated heterocycles. The van der Waals surface area contributed by atoms with Gasteiger partial charge in [0.2, 0.25) is 0 Å². The van der Waals surface area contributed by atoms with Gasteiger partial charge in [-0.25, -0.2) is 14.4 Å². The van der Waals surface area contributed by atoms with Gasteiger partial charge in [0.1, 0.15) is 11.6 Å². The zero-order chi connectivity index (χ0) is 18.9. The Hall–Kier alpha value is -3.80. The van der Waals surface area contributed by atoms with Gasteiger partial charge in [-0.05, 0) is 47.5 Å². The van der Waals surface area contributed by atoms with Crippen LogP contribution in [-0.4, -0.2) is 24.5 Å². The number of hydrogen-bond acceptors (Lipinski definition) is 3. The van der Waals surface area contributed by atoms with Crippen LogP contribution >= 0.6 is 0 Å². The van der Waals surface area contributed by atoms with E-state index in [1.54, 1.807) is 37.1 Å². The van der Waals surface area contributed by atoms with E-state index >= 15 is 0 Å². The van der Waals surface area contributed by atoms with Gasteiger partial charge in [0.05, 0.1) is 23.4 Å². The number of aromatic nitrogens is 5. The molecule has 28 heavy (non-hydrogen) atoms. The third-order valence-electron chi connectivity index (χ3n) is 4.77. The van der Waals surface area contributed by atoms with Crippen molar-refractivity contribution in [3.05, 3.63) is 103 Å². The summed E-state index contributed by atoms with van der Waals surface area (Å²) in [6.07, 6.45) is 8.94. The highest BCUT2D eigenvalue weighted by molar-refractivity contribution is 5.80. The molecule has 6 heteroatoms. The number of rotatable bonds is 4. The Balaban J connectivity index is 1.62. The summed E-state index contributed by atoms with van der Waals surface area (Å²) in [7, 11) is 0. The molecule has 5 aromatic rings. The fourth-order valence-electron chi connectivity index (χ4n) is 3.44. The molecule has 0 aliphatic rings. The molecule has 0 spiro atoms. The Bertz CT molecular complexity index is 1210. The standard InChI is InChI=1S/C22H16FN5/c23-18-6-3-15(4-7-18)21(28-11-10-25-14-28)16-5-8-19-20(12-16)27-22(26-19)17-2-1-9-24-13-17/h1-14,21H,(H,26,27). The lowest BCUT2D eigenvalue weighted by Gasteiger charge is -2.19. The number of H-pyrrole nitrogens is 1. The van der Waals surface area contributed by atoms with E-state index in [0.29, 0.717) is 0 Å². The molecule has 1 unspecified atom stereocenters. The first-order valence-electron chi connectivity index (χ1n) is 8.91. The number of pyridine rings is 1. The van der Waals surface area contributed by atoms with E-state index in [2.05, 4.69) is 27.1 Å². The predicted octanol–water partition coefficient (Wildman–Crippen LogP) is 4.60. The number of halogens is 1. The average molecular weight is 369 g/mol. The molecule has 0 saturated carbocycles. The van der Waals surface area contributed by atoms with E-state index in [-0.39, 0.29) is 11.9 Å². The van der Waals surface area contributed by atoms with Crippen LogP contribution in [0.1, 0.15) is 17.2 Å². The summed E-state index contributed by atoms with van der Waals surface area (Å²) in [5.74, 6) is 0.526. The lowest BCUT2D eigenvalue weighted by molar-refractivity contribution is 0.622. The molecule has 1 atom stereocenters. The van der Waals surface area contributed by atoms with E-state index in [1.165, 1.54) is 12.1 Å². The van der Waals surface area contributed by atoms with Crippen LogP contribution < -0.4 is 0 Å². The summed E-state index contributed by atoms with van der Waals surface area (Å²) in [5.41, 5.74) is 4.77. The molecule has 1 N–H and O–H groups in total. The number of nitrogens with zero attached hydrogens (tertiary/aromatic N) is 4. The average Bonchev–Trinajstić information content (AvgIpc) is 3.40. The van der Waals surface area contributed by atoms with E-state index in [1.807, 2.05) is 29.0 Å². The van der Waals surface area contributed by atoms with Crippen LogP contribution in [-0.2, 0) is 0 Å². The molecular weight excluding hydrogens is 353 g/mol. The van der Waals surface area contributed by atoms with Crippen molar-refractivity contribution in [1.82, 2.24) is 24.5 Å². The SMILES string of the molecule is Fc1ccc(C(c2ccc3[nH]c(-c4cccnc4)nc3c2)n2ccnc2)cc1. The fraction of sp³-hybridized carbons (Fsp3) is 0.0455. The number of hydrogen-bond donors (Lipinski definition) is 1. The lowest BCUT2D eigenvalue weighted by Crippen LogP contribution is -2.10. The van der Waals surface area contributed by atoms with Gasteiger partial charge in [0.15, 0.2) is 0 Å². The molecule has 5 nitrogen and oxygen atoms in total. The molecule has 0 bridgehead atoms. The topological polar surface area (TPSA) is 59.4 Å². The molecule has 3 aromatic heterocycles. The third kappa shape index (κ3) is 2.95. The summed E-state index contributed by atoms with van der Waals surface area (Å²) >= 11 is 0. The maximum Gasteiger partial charge on any atom is 0.140 e. The van der Waals surface area contributed by atoms with E-state index in [0.717, 1.165) is 33.5 Å². The summed E-state index contributed by atoms with van der Waals surface area (Å²) in [4.78, 5) is 16.4. The minimum atomic E-state index is -0.253. The number of nitrogens with one attached hydrogen (secondary N) is 1. The Morgan fingerprint density at radius 1 is 0.929 bits per heavy atom. The van der Waals surface area contributed by atoms with Crippen molar-refractivity contribution in [3.8, 4) is 11.4 Å². The summed E-state index contributed by atoms with van der Waals surface area (Å²) in [6.45, 7) is 0. The highest BCUT2D eigenvalue weighted by Crippen LogP contribution is 2.29. The predicted molar refractivity (Wildman–Crippen MR) is 105 cm³/mol. The van der Waals surface area contributed by atoms with Crippen molar-refractivity contribution in [2.45, 2.75) is 6.04 Å². The normalized spacial score (nSPS) is 12.3. The quantitative estimate of drug-likeness (QED) is 0.504. The Labute approximate surface area is 160 Å². The highest BCUT2D eigenvalue weighted by atomic mass is 19.1. The molecule has 0 aliphatic heterocycles. The lowest BCUT2D eigenvalue weighted by atomic mass is 9.98. The first-order valence-corrected chi connectivity index (χ1v) is 8.91. The van der Waals surface area contributed by atoms with Crippen LogP contribution in [0, 0.1) is 5.82 Å². The van der Waals surface area contributed by atoms with Crippen LogP contribution in [0.25, 0.3) is 22.4 Å². The zero-order valence-corrected chi connectivity index (χ0v) is 14.8.